The molecule has 102 valence electrons. The van der Waals surface area contributed by atoms with Gasteiger partial charge in [0.05, 0.1) is 17.9 Å². The summed E-state index contributed by atoms with van der Waals surface area (Å²) in [6.45, 7) is 5.88. The molecule has 1 N–H and O–H groups in total. The first-order valence-corrected chi connectivity index (χ1v) is 6.46. The van der Waals surface area contributed by atoms with Crippen molar-refractivity contribution in [2.75, 3.05) is 0 Å². The fourth-order valence-electron chi connectivity index (χ4n) is 1.76. The lowest BCUT2D eigenvalue weighted by Gasteiger charge is -2.03. The van der Waals surface area contributed by atoms with Crippen LogP contribution in [0.2, 0.25) is 0 Å². The molecule has 2 rings (SSSR count). The molecule has 1 amide bonds. The van der Waals surface area contributed by atoms with Gasteiger partial charge in [-0.05, 0) is 26.0 Å². The van der Waals surface area contributed by atoms with E-state index >= 15 is 0 Å². The Balaban J connectivity index is 1.72. The first kappa shape index (κ1) is 13.3. The van der Waals surface area contributed by atoms with E-state index in [2.05, 4.69) is 15.5 Å². The quantitative estimate of drug-likeness (QED) is 0.847. The number of rotatable bonds is 6. The highest BCUT2D eigenvalue weighted by Gasteiger charge is 2.04. The highest BCUT2D eigenvalue weighted by molar-refractivity contribution is 5.75. The zero-order valence-electron chi connectivity index (χ0n) is 11.3. The van der Waals surface area contributed by atoms with Crippen molar-refractivity contribution in [2.24, 2.45) is 0 Å². The van der Waals surface area contributed by atoms with Gasteiger partial charge in [0.15, 0.2) is 0 Å². The number of aryl methyl sites for hydroxylation is 3. The van der Waals surface area contributed by atoms with Gasteiger partial charge >= 0.3 is 0 Å². The molecule has 6 nitrogen and oxygen atoms in total. The Kier molecular flexibility index (Phi) is 4.33. The zero-order valence-corrected chi connectivity index (χ0v) is 11.3. The van der Waals surface area contributed by atoms with Gasteiger partial charge in [0, 0.05) is 31.9 Å². The van der Waals surface area contributed by atoms with E-state index in [9.17, 15) is 4.79 Å². The second kappa shape index (κ2) is 6.17. The number of nitrogens with zero attached hydrogens (tertiary/aromatic N) is 4. The fraction of sp³-hybridized carbons (Fsp3) is 0.462. The maximum absolute atomic E-state index is 11.7. The molecule has 0 aliphatic rings. The van der Waals surface area contributed by atoms with Crippen LogP contribution in [-0.4, -0.2) is 25.5 Å². The Morgan fingerprint density at radius 2 is 2.05 bits per heavy atom. The molecule has 0 atom stereocenters. The molecule has 0 aliphatic carbocycles. The first-order valence-electron chi connectivity index (χ1n) is 6.46. The smallest absolute Gasteiger partial charge is 0.222 e. The van der Waals surface area contributed by atoms with Crippen LogP contribution in [0.1, 0.15) is 24.7 Å². The Bertz CT molecular complexity index is 543. The summed E-state index contributed by atoms with van der Waals surface area (Å²) in [6, 6.07) is 3.84. The maximum atomic E-state index is 11.7. The number of amides is 1. The number of hydrogen-bond donors (Lipinski definition) is 1. The van der Waals surface area contributed by atoms with Gasteiger partial charge in [-0.15, -0.1) is 0 Å². The average molecular weight is 261 g/mol. The maximum Gasteiger partial charge on any atom is 0.222 e. The number of nitrogens with one attached hydrogen (secondary N) is 1. The van der Waals surface area contributed by atoms with E-state index in [0.717, 1.165) is 17.9 Å². The molecule has 0 saturated heterocycles. The van der Waals surface area contributed by atoms with Crippen LogP contribution < -0.4 is 5.32 Å². The standard InChI is InChI=1S/C13H19N5O/c1-3-17-8-5-12(16-17)10-14-13(19)6-9-18-7-4-11(2)15-18/h4-5,7-8H,3,6,9-10H2,1-2H3,(H,14,19). The van der Waals surface area contributed by atoms with Crippen molar-refractivity contribution in [3.8, 4) is 0 Å². The highest BCUT2D eigenvalue weighted by atomic mass is 16.1. The van der Waals surface area contributed by atoms with Crippen LogP contribution >= 0.6 is 0 Å². The van der Waals surface area contributed by atoms with E-state index in [-0.39, 0.29) is 5.91 Å². The molecule has 2 aromatic rings. The molecule has 0 spiro atoms. The van der Waals surface area contributed by atoms with E-state index in [0.29, 0.717) is 19.5 Å². The van der Waals surface area contributed by atoms with Crippen LogP contribution in [-0.2, 0) is 24.4 Å². The molecule has 0 aromatic carbocycles. The van der Waals surface area contributed by atoms with E-state index in [1.807, 2.05) is 43.1 Å². The normalized spacial score (nSPS) is 10.6. The number of hydrogen-bond acceptors (Lipinski definition) is 3. The third-order valence-electron chi connectivity index (χ3n) is 2.83. The molecule has 0 aliphatic heterocycles. The highest BCUT2D eigenvalue weighted by Crippen LogP contribution is 1.97. The Morgan fingerprint density at radius 1 is 1.26 bits per heavy atom. The minimum Gasteiger partial charge on any atom is -0.350 e. The molecule has 0 bridgehead atoms. The van der Waals surface area contributed by atoms with E-state index < -0.39 is 0 Å². The van der Waals surface area contributed by atoms with Gasteiger partial charge < -0.3 is 5.32 Å². The molecule has 0 unspecified atom stereocenters. The molecule has 2 heterocycles. The lowest BCUT2D eigenvalue weighted by Crippen LogP contribution is -2.24. The van der Waals surface area contributed by atoms with Crippen molar-refractivity contribution >= 4 is 5.91 Å². The van der Waals surface area contributed by atoms with Crippen molar-refractivity contribution in [1.29, 1.82) is 0 Å². The Hall–Kier alpha value is -2.11. The van der Waals surface area contributed by atoms with Gasteiger partial charge in [0.2, 0.25) is 5.91 Å². The van der Waals surface area contributed by atoms with Crippen LogP contribution in [0.4, 0.5) is 0 Å². The van der Waals surface area contributed by atoms with Gasteiger partial charge in [0.25, 0.3) is 0 Å². The Morgan fingerprint density at radius 3 is 2.68 bits per heavy atom. The predicted molar refractivity (Wildman–Crippen MR) is 71.3 cm³/mol. The molecular weight excluding hydrogens is 242 g/mol. The van der Waals surface area contributed by atoms with Gasteiger partial charge in [-0.3, -0.25) is 14.2 Å². The molecule has 6 heteroatoms. The zero-order chi connectivity index (χ0) is 13.7. The number of aromatic nitrogens is 4. The molecule has 2 aromatic heterocycles. The lowest BCUT2D eigenvalue weighted by atomic mass is 10.3. The van der Waals surface area contributed by atoms with Crippen LogP contribution in [0.25, 0.3) is 0 Å². The first-order chi connectivity index (χ1) is 9.17. The van der Waals surface area contributed by atoms with E-state index in [1.54, 1.807) is 4.68 Å². The van der Waals surface area contributed by atoms with Crippen LogP contribution in [0, 0.1) is 6.92 Å². The lowest BCUT2D eigenvalue weighted by molar-refractivity contribution is -0.121. The number of carbonyl (C=O) groups excluding carboxylic acids is 1. The minimum absolute atomic E-state index is 0.0131. The molecule has 0 saturated carbocycles. The van der Waals surface area contributed by atoms with Gasteiger partial charge in [-0.25, -0.2) is 0 Å². The second-order valence-corrected chi connectivity index (χ2v) is 4.41. The average Bonchev–Trinajstić information content (AvgIpc) is 3.02. The van der Waals surface area contributed by atoms with Crippen molar-refractivity contribution in [3.63, 3.8) is 0 Å². The number of carbonyl (C=O) groups is 1. The summed E-state index contributed by atoms with van der Waals surface area (Å²) < 4.78 is 3.62. The summed E-state index contributed by atoms with van der Waals surface area (Å²) in [7, 11) is 0. The molecule has 0 fully saturated rings. The van der Waals surface area contributed by atoms with Gasteiger partial charge in [-0.2, -0.15) is 10.2 Å². The topological polar surface area (TPSA) is 64.7 Å². The van der Waals surface area contributed by atoms with Crippen LogP contribution in [0.5, 0.6) is 0 Å². The van der Waals surface area contributed by atoms with Crippen molar-refractivity contribution in [3.05, 3.63) is 35.9 Å². The third kappa shape index (κ3) is 3.94. The largest absolute Gasteiger partial charge is 0.350 e. The third-order valence-corrected chi connectivity index (χ3v) is 2.83. The Labute approximate surface area is 112 Å². The predicted octanol–water partition coefficient (Wildman–Crippen LogP) is 1.11. The van der Waals surface area contributed by atoms with Crippen molar-refractivity contribution < 1.29 is 4.79 Å². The minimum atomic E-state index is 0.0131. The summed E-state index contributed by atoms with van der Waals surface area (Å²) in [5.41, 5.74) is 1.84. The summed E-state index contributed by atoms with van der Waals surface area (Å²) in [5.74, 6) is 0.0131. The van der Waals surface area contributed by atoms with Crippen LogP contribution in [0.15, 0.2) is 24.5 Å². The van der Waals surface area contributed by atoms with E-state index in [1.165, 1.54) is 0 Å². The van der Waals surface area contributed by atoms with E-state index in [4.69, 9.17) is 0 Å². The monoisotopic (exact) mass is 261 g/mol. The summed E-state index contributed by atoms with van der Waals surface area (Å²) in [4.78, 5) is 11.7. The fourth-order valence-corrected chi connectivity index (χ4v) is 1.76. The van der Waals surface area contributed by atoms with Crippen LogP contribution in [0.3, 0.4) is 0 Å². The second-order valence-electron chi connectivity index (χ2n) is 4.41. The summed E-state index contributed by atoms with van der Waals surface area (Å²) in [6.07, 6.45) is 4.22. The molecule has 0 radical (unpaired) electrons. The van der Waals surface area contributed by atoms with Gasteiger partial charge in [-0.1, -0.05) is 0 Å². The SMILES string of the molecule is CCn1ccc(CNC(=O)CCn2ccc(C)n2)n1. The van der Waals surface area contributed by atoms with Gasteiger partial charge in [0.1, 0.15) is 0 Å². The summed E-state index contributed by atoms with van der Waals surface area (Å²) in [5, 5.41) is 11.4. The summed E-state index contributed by atoms with van der Waals surface area (Å²) >= 11 is 0. The molecular formula is C13H19N5O. The van der Waals surface area contributed by atoms with Crippen molar-refractivity contribution in [1.82, 2.24) is 24.9 Å². The molecule has 19 heavy (non-hydrogen) atoms. The van der Waals surface area contributed by atoms with Crippen molar-refractivity contribution in [2.45, 2.75) is 39.9 Å².